The molecular formula is C15H22N4. The first kappa shape index (κ1) is 13.6. The van der Waals surface area contributed by atoms with E-state index in [1.807, 2.05) is 25.2 Å². The predicted octanol–water partition coefficient (Wildman–Crippen LogP) is 3.15. The molecule has 1 N–H and O–H groups in total. The molecule has 1 unspecified atom stereocenters. The summed E-state index contributed by atoms with van der Waals surface area (Å²) in [6, 6.07) is 8.55. The average Bonchev–Trinajstić information content (AvgIpc) is 2.44. The maximum Gasteiger partial charge on any atom is 0.224 e. The van der Waals surface area contributed by atoms with E-state index >= 15 is 0 Å². The van der Waals surface area contributed by atoms with E-state index in [2.05, 4.69) is 54.1 Å². The van der Waals surface area contributed by atoms with Crippen molar-refractivity contribution in [1.82, 2.24) is 9.97 Å². The van der Waals surface area contributed by atoms with Crippen molar-refractivity contribution in [3.05, 3.63) is 24.3 Å². The summed E-state index contributed by atoms with van der Waals surface area (Å²) in [5.41, 5.74) is 0.972. The molecule has 102 valence electrons. The van der Waals surface area contributed by atoms with Crippen LogP contribution in [0.1, 0.15) is 20.8 Å². The number of para-hydroxylation sites is 1. The second-order valence-electron chi connectivity index (χ2n) is 5.23. The Labute approximate surface area is 114 Å². The maximum absolute atomic E-state index is 4.63. The summed E-state index contributed by atoms with van der Waals surface area (Å²) in [7, 11) is 3.94. The molecule has 0 bridgehead atoms. The minimum atomic E-state index is 0.419. The molecule has 2 aromatic rings. The number of nitrogens with one attached hydrogen (secondary N) is 1. The number of rotatable bonds is 4. The van der Waals surface area contributed by atoms with E-state index in [1.54, 1.807) is 0 Å². The Morgan fingerprint density at radius 3 is 2.42 bits per heavy atom. The van der Waals surface area contributed by atoms with E-state index in [9.17, 15) is 0 Å². The van der Waals surface area contributed by atoms with Gasteiger partial charge in [-0.25, -0.2) is 4.98 Å². The molecule has 1 atom stereocenters. The first-order valence-electron chi connectivity index (χ1n) is 6.72. The van der Waals surface area contributed by atoms with Gasteiger partial charge in [0, 0.05) is 25.5 Å². The standard InChI is InChI=1S/C15H22N4/c1-10(2)11(3)19(5)14-12-8-6-7-9-13(12)17-15(16-4)18-14/h6-11H,1-5H3,(H,16,17,18). The normalized spacial score (nSPS) is 12.7. The van der Waals surface area contributed by atoms with Crippen LogP contribution in [0, 0.1) is 5.92 Å². The highest BCUT2D eigenvalue weighted by Crippen LogP contribution is 2.27. The van der Waals surface area contributed by atoms with E-state index in [1.165, 1.54) is 0 Å². The van der Waals surface area contributed by atoms with E-state index in [0.29, 0.717) is 17.9 Å². The lowest BCUT2D eigenvalue weighted by atomic mass is 10.0. The van der Waals surface area contributed by atoms with Gasteiger partial charge in [-0.15, -0.1) is 0 Å². The van der Waals surface area contributed by atoms with Crippen LogP contribution in [0.25, 0.3) is 10.9 Å². The Morgan fingerprint density at radius 2 is 1.79 bits per heavy atom. The number of fused-ring (bicyclic) bond motifs is 1. The van der Waals surface area contributed by atoms with Crippen molar-refractivity contribution in [3.63, 3.8) is 0 Å². The molecule has 0 amide bonds. The molecule has 4 heteroatoms. The Morgan fingerprint density at radius 1 is 1.11 bits per heavy atom. The van der Waals surface area contributed by atoms with Gasteiger partial charge in [0.25, 0.3) is 0 Å². The summed E-state index contributed by atoms with van der Waals surface area (Å²) < 4.78 is 0. The fraction of sp³-hybridized carbons (Fsp3) is 0.467. The van der Waals surface area contributed by atoms with Gasteiger partial charge in [0.2, 0.25) is 5.95 Å². The highest BCUT2D eigenvalue weighted by molar-refractivity contribution is 5.90. The lowest BCUT2D eigenvalue weighted by Crippen LogP contribution is -2.34. The number of benzene rings is 1. The van der Waals surface area contributed by atoms with Gasteiger partial charge in [0.1, 0.15) is 5.82 Å². The second kappa shape index (κ2) is 5.43. The average molecular weight is 258 g/mol. The minimum Gasteiger partial charge on any atom is -0.357 e. The Balaban J connectivity index is 2.57. The van der Waals surface area contributed by atoms with Gasteiger partial charge >= 0.3 is 0 Å². The van der Waals surface area contributed by atoms with Crippen LogP contribution in [-0.4, -0.2) is 30.1 Å². The highest BCUT2D eigenvalue weighted by atomic mass is 15.2. The molecule has 0 fully saturated rings. The summed E-state index contributed by atoms with van der Waals surface area (Å²) in [6.07, 6.45) is 0. The topological polar surface area (TPSA) is 41.1 Å². The maximum atomic E-state index is 4.63. The minimum absolute atomic E-state index is 0.419. The van der Waals surface area contributed by atoms with Crippen molar-refractivity contribution in [2.24, 2.45) is 5.92 Å². The van der Waals surface area contributed by atoms with Crippen LogP contribution in [0.15, 0.2) is 24.3 Å². The van der Waals surface area contributed by atoms with Crippen LogP contribution in [0.4, 0.5) is 11.8 Å². The Bertz CT molecular complexity index is 565. The summed E-state index contributed by atoms with van der Waals surface area (Å²) in [6.45, 7) is 6.67. The first-order valence-corrected chi connectivity index (χ1v) is 6.72. The molecule has 19 heavy (non-hydrogen) atoms. The van der Waals surface area contributed by atoms with Crippen molar-refractivity contribution in [3.8, 4) is 0 Å². The third-order valence-electron chi connectivity index (χ3n) is 3.72. The largest absolute Gasteiger partial charge is 0.357 e. The van der Waals surface area contributed by atoms with Gasteiger partial charge in [-0.2, -0.15) is 4.98 Å². The lowest BCUT2D eigenvalue weighted by molar-refractivity contribution is 0.503. The van der Waals surface area contributed by atoms with Crippen LogP contribution in [0.2, 0.25) is 0 Å². The third kappa shape index (κ3) is 2.62. The van der Waals surface area contributed by atoms with Crippen molar-refractivity contribution in [2.75, 3.05) is 24.3 Å². The molecule has 0 aliphatic carbocycles. The first-order chi connectivity index (χ1) is 9.04. The lowest BCUT2D eigenvalue weighted by Gasteiger charge is -2.30. The molecule has 0 saturated heterocycles. The Kier molecular flexibility index (Phi) is 3.88. The monoisotopic (exact) mass is 258 g/mol. The van der Waals surface area contributed by atoms with E-state index in [4.69, 9.17) is 0 Å². The van der Waals surface area contributed by atoms with E-state index in [-0.39, 0.29) is 0 Å². The molecule has 0 aliphatic heterocycles. The molecule has 2 rings (SSSR count). The highest BCUT2D eigenvalue weighted by Gasteiger charge is 2.18. The molecule has 0 radical (unpaired) electrons. The quantitative estimate of drug-likeness (QED) is 0.914. The molecule has 4 nitrogen and oxygen atoms in total. The van der Waals surface area contributed by atoms with Crippen molar-refractivity contribution in [1.29, 1.82) is 0 Å². The fourth-order valence-electron chi connectivity index (χ4n) is 2.08. The smallest absolute Gasteiger partial charge is 0.224 e. The zero-order chi connectivity index (χ0) is 14.0. The molecule has 1 aromatic carbocycles. The number of hydrogen-bond donors (Lipinski definition) is 1. The van der Waals surface area contributed by atoms with Crippen molar-refractivity contribution < 1.29 is 0 Å². The van der Waals surface area contributed by atoms with Crippen molar-refractivity contribution >= 4 is 22.7 Å². The predicted molar refractivity (Wildman–Crippen MR) is 81.8 cm³/mol. The summed E-state index contributed by atoms with van der Waals surface area (Å²) >= 11 is 0. The molecule has 0 spiro atoms. The third-order valence-corrected chi connectivity index (χ3v) is 3.72. The van der Waals surface area contributed by atoms with Gasteiger partial charge in [0.15, 0.2) is 0 Å². The number of hydrogen-bond acceptors (Lipinski definition) is 4. The molecule has 1 aromatic heterocycles. The van der Waals surface area contributed by atoms with Gasteiger partial charge in [0.05, 0.1) is 5.52 Å². The molecule has 0 saturated carbocycles. The number of nitrogens with zero attached hydrogens (tertiary/aromatic N) is 3. The van der Waals surface area contributed by atoms with E-state index in [0.717, 1.165) is 16.7 Å². The zero-order valence-corrected chi connectivity index (χ0v) is 12.3. The fourth-order valence-corrected chi connectivity index (χ4v) is 2.08. The molecular weight excluding hydrogens is 236 g/mol. The van der Waals surface area contributed by atoms with E-state index < -0.39 is 0 Å². The van der Waals surface area contributed by atoms with Gasteiger partial charge < -0.3 is 10.2 Å². The number of aromatic nitrogens is 2. The summed E-state index contributed by atoms with van der Waals surface area (Å²) in [5.74, 6) is 2.21. The summed E-state index contributed by atoms with van der Waals surface area (Å²) in [5, 5.41) is 4.13. The van der Waals surface area contributed by atoms with Crippen molar-refractivity contribution in [2.45, 2.75) is 26.8 Å². The van der Waals surface area contributed by atoms with Crippen LogP contribution in [0.5, 0.6) is 0 Å². The van der Waals surface area contributed by atoms with Crippen LogP contribution < -0.4 is 10.2 Å². The van der Waals surface area contributed by atoms with Crippen LogP contribution in [-0.2, 0) is 0 Å². The SMILES string of the molecule is CNc1nc(N(C)C(C)C(C)C)c2ccccc2n1. The second-order valence-corrected chi connectivity index (χ2v) is 5.23. The van der Waals surface area contributed by atoms with Crippen LogP contribution >= 0.6 is 0 Å². The molecule has 0 aliphatic rings. The number of anilines is 2. The van der Waals surface area contributed by atoms with Gasteiger partial charge in [-0.05, 0) is 25.0 Å². The zero-order valence-electron chi connectivity index (χ0n) is 12.3. The summed E-state index contributed by atoms with van der Waals surface area (Å²) in [4.78, 5) is 11.4. The molecule has 1 heterocycles. The van der Waals surface area contributed by atoms with Crippen LogP contribution in [0.3, 0.4) is 0 Å². The van der Waals surface area contributed by atoms with Gasteiger partial charge in [-0.3, -0.25) is 0 Å². The Hall–Kier alpha value is -1.84. The van der Waals surface area contributed by atoms with Gasteiger partial charge in [-0.1, -0.05) is 26.0 Å².